The molecule has 0 saturated carbocycles. The lowest BCUT2D eigenvalue weighted by molar-refractivity contribution is -0.120. The minimum Gasteiger partial charge on any atom is -0.380 e. The molecule has 0 aliphatic rings. The molecule has 14 heavy (non-hydrogen) atoms. The molecule has 0 rings (SSSR count). The minimum absolute atomic E-state index is 0.0577. The monoisotopic (exact) mass is 202 g/mol. The molecular formula is C10H22N2O2. The Balaban J connectivity index is 3.07. The van der Waals surface area contributed by atoms with Crippen LogP contribution in [0.25, 0.3) is 0 Å². The molecule has 0 saturated heterocycles. The maximum Gasteiger partial charge on any atom is 0.233 e. The van der Waals surface area contributed by atoms with Crippen molar-refractivity contribution >= 4 is 5.91 Å². The average Bonchev–Trinajstić information content (AvgIpc) is 2.20. The highest BCUT2D eigenvalue weighted by Gasteiger charge is 1.97. The SMILES string of the molecule is CCCNC(=O)CNCCOCCC. The molecule has 0 bridgehead atoms. The molecule has 0 aliphatic carbocycles. The van der Waals surface area contributed by atoms with Crippen LogP contribution in [-0.4, -0.2) is 38.8 Å². The molecule has 0 unspecified atom stereocenters. The van der Waals surface area contributed by atoms with Gasteiger partial charge in [0.2, 0.25) is 5.91 Å². The maximum absolute atomic E-state index is 11.1. The summed E-state index contributed by atoms with van der Waals surface area (Å²) in [6, 6.07) is 0. The summed E-state index contributed by atoms with van der Waals surface area (Å²) in [7, 11) is 0. The van der Waals surface area contributed by atoms with E-state index in [-0.39, 0.29) is 5.91 Å². The number of hydrogen-bond donors (Lipinski definition) is 2. The number of hydrogen-bond acceptors (Lipinski definition) is 3. The standard InChI is InChI=1S/C10H22N2O2/c1-3-5-12-10(13)9-11-6-8-14-7-4-2/h11H,3-9H2,1-2H3,(H,12,13). The lowest BCUT2D eigenvalue weighted by Crippen LogP contribution is -2.35. The zero-order chi connectivity index (χ0) is 10.6. The zero-order valence-corrected chi connectivity index (χ0v) is 9.27. The van der Waals surface area contributed by atoms with Crippen LogP contribution < -0.4 is 10.6 Å². The molecule has 0 spiro atoms. The summed E-state index contributed by atoms with van der Waals surface area (Å²) in [4.78, 5) is 11.1. The Morgan fingerprint density at radius 2 is 1.93 bits per heavy atom. The number of nitrogens with one attached hydrogen (secondary N) is 2. The number of amides is 1. The first-order valence-electron chi connectivity index (χ1n) is 5.36. The van der Waals surface area contributed by atoms with Crippen molar-refractivity contribution in [3.05, 3.63) is 0 Å². The Morgan fingerprint density at radius 1 is 1.14 bits per heavy atom. The van der Waals surface area contributed by atoms with Crippen molar-refractivity contribution in [1.82, 2.24) is 10.6 Å². The maximum atomic E-state index is 11.1. The molecule has 0 fully saturated rings. The Bertz CT molecular complexity index is 140. The highest BCUT2D eigenvalue weighted by Crippen LogP contribution is 1.78. The molecule has 0 heterocycles. The Hall–Kier alpha value is -0.610. The van der Waals surface area contributed by atoms with E-state index < -0.39 is 0 Å². The molecule has 4 nitrogen and oxygen atoms in total. The third kappa shape index (κ3) is 9.48. The molecule has 0 aromatic rings. The van der Waals surface area contributed by atoms with E-state index in [1.165, 1.54) is 0 Å². The van der Waals surface area contributed by atoms with Gasteiger partial charge in [-0.15, -0.1) is 0 Å². The second-order valence-electron chi connectivity index (χ2n) is 3.14. The van der Waals surface area contributed by atoms with Crippen molar-refractivity contribution < 1.29 is 9.53 Å². The van der Waals surface area contributed by atoms with Gasteiger partial charge in [-0.1, -0.05) is 13.8 Å². The van der Waals surface area contributed by atoms with Gasteiger partial charge in [0.1, 0.15) is 0 Å². The van der Waals surface area contributed by atoms with Crippen molar-refractivity contribution in [2.75, 3.05) is 32.8 Å². The first kappa shape index (κ1) is 13.4. The molecular weight excluding hydrogens is 180 g/mol. The molecule has 2 N–H and O–H groups in total. The number of ether oxygens (including phenoxy) is 1. The largest absolute Gasteiger partial charge is 0.380 e. The normalized spacial score (nSPS) is 10.1. The number of rotatable bonds is 9. The molecule has 4 heteroatoms. The lowest BCUT2D eigenvalue weighted by atomic mass is 10.4. The van der Waals surface area contributed by atoms with Crippen molar-refractivity contribution in [2.45, 2.75) is 26.7 Å². The lowest BCUT2D eigenvalue weighted by Gasteiger charge is -2.05. The van der Waals surface area contributed by atoms with E-state index in [1.54, 1.807) is 0 Å². The Kier molecular flexibility index (Phi) is 10.0. The summed E-state index contributed by atoms with van der Waals surface area (Å²) >= 11 is 0. The van der Waals surface area contributed by atoms with E-state index in [2.05, 4.69) is 17.6 Å². The first-order chi connectivity index (χ1) is 6.81. The molecule has 1 amide bonds. The van der Waals surface area contributed by atoms with Gasteiger partial charge in [0.15, 0.2) is 0 Å². The molecule has 0 radical (unpaired) electrons. The summed E-state index contributed by atoms with van der Waals surface area (Å²) < 4.78 is 5.25. The predicted molar refractivity (Wildman–Crippen MR) is 57.3 cm³/mol. The number of carbonyl (C=O) groups is 1. The van der Waals surface area contributed by atoms with E-state index in [1.807, 2.05) is 6.92 Å². The predicted octanol–water partition coefficient (Wildman–Crippen LogP) is 0.529. The van der Waals surface area contributed by atoms with Crippen LogP contribution in [0.15, 0.2) is 0 Å². The zero-order valence-electron chi connectivity index (χ0n) is 9.27. The van der Waals surface area contributed by atoms with Crippen LogP contribution in [0.2, 0.25) is 0 Å². The van der Waals surface area contributed by atoms with Crippen LogP contribution in [-0.2, 0) is 9.53 Å². The van der Waals surface area contributed by atoms with Gasteiger partial charge in [0, 0.05) is 19.7 Å². The fourth-order valence-corrected chi connectivity index (χ4v) is 0.920. The summed E-state index contributed by atoms with van der Waals surface area (Å²) in [6.45, 7) is 7.46. The van der Waals surface area contributed by atoms with Gasteiger partial charge in [-0.05, 0) is 12.8 Å². The first-order valence-corrected chi connectivity index (χ1v) is 5.36. The molecule has 84 valence electrons. The van der Waals surface area contributed by atoms with Gasteiger partial charge in [-0.2, -0.15) is 0 Å². The van der Waals surface area contributed by atoms with Crippen molar-refractivity contribution in [2.24, 2.45) is 0 Å². The van der Waals surface area contributed by atoms with E-state index in [0.717, 1.165) is 32.5 Å². The van der Waals surface area contributed by atoms with E-state index >= 15 is 0 Å². The third-order valence-corrected chi connectivity index (χ3v) is 1.63. The second kappa shape index (κ2) is 10.5. The van der Waals surface area contributed by atoms with E-state index in [4.69, 9.17) is 4.74 Å². The Labute approximate surface area is 86.4 Å². The van der Waals surface area contributed by atoms with E-state index in [9.17, 15) is 4.79 Å². The Morgan fingerprint density at radius 3 is 2.57 bits per heavy atom. The van der Waals surface area contributed by atoms with Gasteiger partial charge in [0.25, 0.3) is 0 Å². The van der Waals surface area contributed by atoms with Crippen LogP contribution >= 0.6 is 0 Å². The number of carbonyl (C=O) groups excluding carboxylic acids is 1. The van der Waals surface area contributed by atoms with Gasteiger partial charge in [-0.25, -0.2) is 0 Å². The van der Waals surface area contributed by atoms with Crippen LogP contribution in [0.3, 0.4) is 0 Å². The second-order valence-corrected chi connectivity index (χ2v) is 3.14. The molecule has 0 aromatic carbocycles. The molecule has 0 atom stereocenters. The van der Waals surface area contributed by atoms with Gasteiger partial charge in [-0.3, -0.25) is 4.79 Å². The van der Waals surface area contributed by atoms with Gasteiger partial charge in [0.05, 0.1) is 13.2 Å². The smallest absolute Gasteiger partial charge is 0.233 e. The summed E-state index contributed by atoms with van der Waals surface area (Å²) in [6.07, 6.45) is 2.02. The summed E-state index contributed by atoms with van der Waals surface area (Å²) in [5.41, 5.74) is 0. The highest BCUT2D eigenvalue weighted by molar-refractivity contribution is 5.77. The van der Waals surface area contributed by atoms with E-state index in [0.29, 0.717) is 13.2 Å². The fraction of sp³-hybridized carbons (Fsp3) is 0.900. The topological polar surface area (TPSA) is 50.4 Å². The summed E-state index contributed by atoms with van der Waals surface area (Å²) in [5, 5.41) is 5.81. The fourth-order valence-electron chi connectivity index (χ4n) is 0.920. The third-order valence-electron chi connectivity index (χ3n) is 1.63. The van der Waals surface area contributed by atoms with Gasteiger partial charge < -0.3 is 15.4 Å². The summed E-state index contributed by atoms with van der Waals surface area (Å²) in [5.74, 6) is 0.0577. The quantitative estimate of drug-likeness (QED) is 0.536. The molecule has 0 aliphatic heterocycles. The average molecular weight is 202 g/mol. The van der Waals surface area contributed by atoms with Crippen LogP contribution in [0.1, 0.15) is 26.7 Å². The molecule has 0 aromatic heterocycles. The van der Waals surface area contributed by atoms with Crippen molar-refractivity contribution in [3.63, 3.8) is 0 Å². The van der Waals surface area contributed by atoms with Crippen molar-refractivity contribution in [1.29, 1.82) is 0 Å². The van der Waals surface area contributed by atoms with Crippen LogP contribution in [0.4, 0.5) is 0 Å². The van der Waals surface area contributed by atoms with Crippen LogP contribution in [0.5, 0.6) is 0 Å². The minimum atomic E-state index is 0.0577. The van der Waals surface area contributed by atoms with Crippen molar-refractivity contribution in [3.8, 4) is 0 Å². The van der Waals surface area contributed by atoms with Crippen LogP contribution in [0, 0.1) is 0 Å². The highest BCUT2D eigenvalue weighted by atomic mass is 16.5. The van der Waals surface area contributed by atoms with Gasteiger partial charge >= 0.3 is 0 Å².